The number of carbonyl (C=O) groups excluding carboxylic acids is 1. The predicted molar refractivity (Wildman–Crippen MR) is 53.4 cm³/mol. The summed E-state index contributed by atoms with van der Waals surface area (Å²) in [6.45, 7) is 2.52. The number of amides is 1. The first-order valence-electron chi connectivity index (χ1n) is 5.23. The van der Waals surface area contributed by atoms with Crippen molar-refractivity contribution >= 4 is 11.9 Å². The van der Waals surface area contributed by atoms with Crippen LogP contribution in [0.5, 0.6) is 0 Å². The number of carboxylic acids is 1. The molecule has 1 saturated heterocycles. The van der Waals surface area contributed by atoms with E-state index in [2.05, 4.69) is 5.32 Å². The smallest absolute Gasteiger partial charge is 0.315 e. The third-order valence-electron chi connectivity index (χ3n) is 2.54. The van der Waals surface area contributed by atoms with Gasteiger partial charge in [-0.2, -0.15) is 0 Å². The van der Waals surface area contributed by atoms with Crippen molar-refractivity contribution in [3.05, 3.63) is 0 Å². The number of ether oxygens (including phenoxy) is 1. The fourth-order valence-corrected chi connectivity index (χ4v) is 1.45. The molecule has 0 aromatic heterocycles. The summed E-state index contributed by atoms with van der Waals surface area (Å²) in [5.41, 5.74) is 0. The second-order valence-electron chi connectivity index (χ2n) is 3.79. The number of hydrogen-bond donors (Lipinski definition) is 2. The Kier molecular flexibility index (Phi) is 4.55. The molecule has 2 unspecified atom stereocenters. The van der Waals surface area contributed by atoms with Gasteiger partial charge in [0.05, 0.1) is 6.10 Å². The zero-order valence-corrected chi connectivity index (χ0v) is 8.86. The normalized spacial score (nSPS) is 23.1. The molecule has 1 aliphatic rings. The zero-order chi connectivity index (χ0) is 11.3. The van der Waals surface area contributed by atoms with Crippen molar-refractivity contribution < 1.29 is 19.4 Å². The highest BCUT2D eigenvalue weighted by Gasteiger charge is 2.21. The van der Waals surface area contributed by atoms with Gasteiger partial charge in [0, 0.05) is 13.2 Å². The van der Waals surface area contributed by atoms with E-state index in [0.717, 1.165) is 25.9 Å². The third-order valence-corrected chi connectivity index (χ3v) is 2.54. The van der Waals surface area contributed by atoms with E-state index < -0.39 is 17.8 Å². The summed E-state index contributed by atoms with van der Waals surface area (Å²) in [6, 6.07) is 0. The lowest BCUT2D eigenvalue weighted by molar-refractivity contribution is -0.146. The number of rotatable bonds is 4. The molecule has 0 aromatic carbocycles. The maximum absolute atomic E-state index is 11.3. The second kappa shape index (κ2) is 5.70. The van der Waals surface area contributed by atoms with Crippen molar-refractivity contribution in [2.24, 2.45) is 5.92 Å². The molecule has 2 N–H and O–H groups in total. The van der Waals surface area contributed by atoms with Crippen LogP contribution in [-0.4, -0.2) is 36.2 Å². The summed E-state index contributed by atoms with van der Waals surface area (Å²) < 4.78 is 5.41. The summed E-state index contributed by atoms with van der Waals surface area (Å²) in [7, 11) is 0. The largest absolute Gasteiger partial charge is 0.481 e. The molecule has 2 atom stereocenters. The molecule has 0 spiro atoms. The average Bonchev–Trinajstić information content (AvgIpc) is 2.26. The SMILES string of the molecule is CC(C(=O)O)C(=O)NCC1CCCCO1. The molecule has 5 heteroatoms. The summed E-state index contributed by atoms with van der Waals surface area (Å²) in [5.74, 6) is -2.54. The lowest BCUT2D eigenvalue weighted by Gasteiger charge is -2.23. The first-order valence-corrected chi connectivity index (χ1v) is 5.23. The third kappa shape index (κ3) is 3.87. The van der Waals surface area contributed by atoms with Crippen molar-refractivity contribution in [2.45, 2.75) is 32.3 Å². The summed E-state index contributed by atoms with van der Waals surface area (Å²) in [5, 5.41) is 11.2. The van der Waals surface area contributed by atoms with Crippen LogP contribution in [0.2, 0.25) is 0 Å². The van der Waals surface area contributed by atoms with E-state index in [1.807, 2.05) is 0 Å². The molecule has 0 bridgehead atoms. The van der Waals surface area contributed by atoms with Crippen LogP contribution in [0.25, 0.3) is 0 Å². The highest BCUT2D eigenvalue weighted by Crippen LogP contribution is 2.11. The van der Waals surface area contributed by atoms with E-state index in [-0.39, 0.29) is 6.10 Å². The van der Waals surface area contributed by atoms with Crippen molar-refractivity contribution in [3.8, 4) is 0 Å². The monoisotopic (exact) mass is 215 g/mol. The standard InChI is InChI=1S/C10H17NO4/c1-7(10(13)14)9(12)11-6-8-4-2-3-5-15-8/h7-8H,2-6H2,1H3,(H,11,12)(H,13,14). The first kappa shape index (κ1) is 12.0. The molecular formula is C10H17NO4. The van der Waals surface area contributed by atoms with Gasteiger partial charge in [-0.05, 0) is 26.2 Å². The van der Waals surface area contributed by atoms with Crippen molar-refractivity contribution in [3.63, 3.8) is 0 Å². The van der Waals surface area contributed by atoms with E-state index in [4.69, 9.17) is 9.84 Å². The molecule has 0 aromatic rings. The molecule has 1 fully saturated rings. The number of aliphatic carboxylic acids is 1. The topological polar surface area (TPSA) is 75.6 Å². The number of hydrogen-bond acceptors (Lipinski definition) is 3. The van der Waals surface area contributed by atoms with Crippen LogP contribution in [0.3, 0.4) is 0 Å². The Morgan fingerprint density at radius 2 is 2.27 bits per heavy atom. The Bertz CT molecular complexity index is 236. The highest BCUT2D eigenvalue weighted by atomic mass is 16.5. The average molecular weight is 215 g/mol. The fraction of sp³-hybridized carbons (Fsp3) is 0.800. The van der Waals surface area contributed by atoms with Gasteiger partial charge < -0.3 is 15.2 Å². The van der Waals surface area contributed by atoms with Gasteiger partial charge in [0.25, 0.3) is 0 Å². The van der Waals surface area contributed by atoms with Gasteiger partial charge in [-0.15, -0.1) is 0 Å². The molecule has 0 radical (unpaired) electrons. The number of carbonyl (C=O) groups is 2. The van der Waals surface area contributed by atoms with Gasteiger partial charge in [-0.25, -0.2) is 0 Å². The Balaban J connectivity index is 2.23. The van der Waals surface area contributed by atoms with E-state index in [9.17, 15) is 9.59 Å². The van der Waals surface area contributed by atoms with Gasteiger partial charge in [0.2, 0.25) is 5.91 Å². The summed E-state index contributed by atoms with van der Waals surface area (Å²) in [6.07, 6.45) is 3.15. The van der Waals surface area contributed by atoms with Crippen LogP contribution in [0, 0.1) is 5.92 Å². The maximum Gasteiger partial charge on any atom is 0.315 e. The number of carboxylic acid groups (broad SMARTS) is 1. The van der Waals surface area contributed by atoms with Crippen molar-refractivity contribution in [1.82, 2.24) is 5.32 Å². The molecule has 0 aliphatic carbocycles. The molecule has 1 aliphatic heterocycles. The van der Waals surface area contributed by atoms with Crippen molar-refractivity contribution in [2.75, 3.05) is 13.2 Å². The Labute approximate surface area is 88.8 Å². The minimum atomic E-state index is -1.10. The Morgan fingerprint density at radius 3 is 2.80 bits per heavy atom. The molecule has 5 nitrogen and oxygen atoms in total. The van der Waals surface area contributed by atoms with Crippen LogP contribution in [0.15, 0.2) is 0 Å². The van der Waals surface area contributed by atoms with Gasteiger partial charge >= 0.3 is 5.97 Å². The molecule has 1 amide bonds. The van der Waals surface area contributed by atoms with Gasteiger partial charge in [-0.1, -0.05) is 0 Å². The lowest BCUT2D eigenvalue weighted by atomic mass is 10.1. The van der Waals surface area contributed by atoms with Crippen LogP contribution in [-0.2, 0) is 14.3 Å². The minimum absolute atomic E-state index is 0.0451. The fourth-order valence-electron chi connectivity index (χ4n) is 1.45. The van der Waals surface area contributed by atoms with Gasteiger partial charge in [0.15, 0.2) is 0 Å². The molecular weight excluding hydrogens is 198 g/mol. The lowest BCUT2D eigenvalue weighted by Crippen LogP contribution is -2.39. The predicted octanol–water partition coefficient (Wildman–Crippen LogP) is 0.392. The summed E-state index contributed by atoms with van der Waals surface area (Å²) >= 11 is 0. The highest BCUT2D eigenvalue weighted by molar-refractivity contribution is 5.96. The van der Waals surface area contributed by atoms with Crippen LogP contribution in [0.4, 0.5) is 0 Å². The van der Waals surface area contributed by atoms with Crippen LogP contribution >= 0.6 is 0 Å². The second-order valence-corrected chi connectivity index (χ2v) is 3.79. The van der Waals surface area contributed by atoms with Crippen molar-refractivity contribution in [1.29, 1.82) is 0 Å². The molecule has 15 heavy (non-hydrogen) atoms. The number of nitrogens with one attached hydrogen (secondary N) is 1. The molecule has 86 valence electrons. The Morgan fingerprint density at radius 1 is 1.53 bits per heavy atom. The molecule has 0 saturated carbocycles. The van der Waals surface area contributed by atoms with E-state index in [1.165, 1.54) is 6.92 Å². The van der Waals surface area contributed by atoms with Gasteiger partial charge in [-0.3, -0.25) is 9.59 Å². The molecule has 1 heterocycles. The summed E-state index contributed by atoms with van der Waals surface area (Å²) in [4.78, 5) is 21.8. The maximum atomic E-state index is 11.3. The van der Waals surface area contributed by atoms with E-state index >= 15 is 0 Å². The van der Waals surface area contributed by atoms with E-state index in [0.29, 0.717) is 6.54 Å². The minimum Gasteiger partial charge on any atom is -0.481 e. The molecule has 1 rings (SSSR count). The Hall–Kier alpha value is -1.10. The zero-order valence-electron chi connectivity index (χ0n) is 8.86. The van der Waals surface area contributed by atoms with Crippen LogP contribution in [0.1, 0.15) is 26.2 Å². The first-order chi connectivity index (χ1) is 7.11. The van der Waals surface area contributed by atoms with E-state index in [1.54, 1.807) is 0 Å². The van der Waals surface area contributed by atoms with Crippen LogP contribution < -0.4 is 5.32 Å². The quantitative estimate of drug-likeness (QED) is 0.665. The van der Waals surface area contributed by atoms with Gasteiger partial charge in [0.1, 0.15) is 5.92 Å².